The van der Waals surface area contributed by atoms with Crippen LogP contribution < -0.4 is 16.2 Å². The lowest BCUT2D eigenvalue weighted by Gasteiger charge is -2.23. The highest BCUT2D eigenvalue weighted by Crippen LogP contribution is 2.23. The standard InChI is InChI=1S/C14H27N5O/c1-14(2,3)13-16-11(18-15)10-12(17-13)19(4)8-6-5-7-9-20/h10,20H,5-9,15H2,1-4H3,(H,16,17,18). The molecule has 0 aliphatic heterocycles. The number of aliphatic hydroxyl groups excluding tert-OH is 1. The predicted octanol–water partition coefficient (Wildman–Crippen LogP) is 1.66. The summed E-state index contributed by atoms with van der Waals surface area (Å²) in [6, 6.07) is 1.85. The molecule has 114 valence electrons. The van der Waals surface area contributed by atoms with Gasteiger partial charge in [0.05, 0.1) is 0 Å². The molecule has 0 atom stereocenters. The van der Waals surface area contributed by atoms with Crippen LogP contribution in [0.15, 0.2) is 6.07 Å². The highest BCUT2D eigenvalue weighted by Gasteiger charge is 2.19. The van der Waals surface area contributed by atoms with Crippen molar-refractivity contribution in [3.63, 3.8) is 0 Å². The van der Waals surface area contributed by atoms with Crippen molar-refractivity contribution in [2.75, 3.05) is 30.5 Å². The lowest BCUT2D eigenvalue weighted by atomic mass is 9.96. The summed E-state index contributed by atoms with van der Waals surface area (Å²) in [7, 11) is 2.01. The summed E-state index contributed by atoms with van der Waals surface area (Å²) in [6.07, 6.45) is 2.89. The van der Waals surface area contributed by atoms with E-state index in [0.29, 0.717) is 5.82 Å². The van der Waals surface area contributed by atoms with Crippen molar-refractivity contribution >= 4 is 11.6 Å². The van der Waals surface area contributed by atoms with Crippen LogP contribution in [0.5, 0.6) is 0 Å². The van der Waals surface area contributed by atoms with Gasteiger partial charge in [-0.15, -0.1) is 0 Å². The van der Waals surface area contributed by atoms with Gasteiger partial charge < -0.3 is 15.4 Å². The average molecular weight is 281 g/mol. The Kier molecular flexibility index (Phi) is 6.16. The van der Waals surface area contributed by atoms with E-state index in [1.54, 1.807) is 0 Å². The van der Waals surface area contributed by atoms with Gasteiger partial charge in [0.2, 0.25) is 0 Å². The van der Waals surface area contributed by atoms with Gasteiger partial charge in [-0.3, -0.25) is 0 Å². The van der Waals surface area contributed by atoms with E-state index in [-0.39, 0.29) is 12.0 Å². The first-order chi connectivity index (χ1) is 9.38. The first-order valence-corrected chi connectivity index (χ1v) is 7.06. The van der Waals surface area contributed by atoms with Gasteiger partial charge in [-0.2, -0.15) is 0 Å². The fourth-order valence-electron chi connectivity index (χ4n) is 1.79. The molecule has 0 radical (unpaired) electrons. The smallest absolute Gasteiger partial charge is 0.145 e. The molecule has 0 aliphatic rings. The first-order valence-electron chi connectivity index (χ1n) is 7.06. The number of nitrogen functional groups attached to an aromatic ring is 1. The van der Waals surface area contributed by atoms with Gasteiger partial charge >= 0.3 is 0 Å². The molecule has 0 amide bonds. The van der Waals surface area contributed by atoms with Gasteiger partial charge in [0.25, 0.3) is 0 Å². The van der Waals surface area contributed by atoms with Gasteiger partial charge in [-0.25, -0.2) is 15.8 Å². The molecule has 0 aromatic carbocycles. The topological polar surface area (TPSA) is 87.3 Å². The number of hydrogen-bond donors (Lipinski definition) is 3. The number of nitrogens with zero attached hydrogens (tertiary/aromatic N) is 3. The SMILES string of the molecule is CN(CCCCCO)c1cc(NN)nc(C(C)(C)C)n1. The summed E-state index contributed by atoms with van der Waals surface area (Å²) in [6.45, 7) is 7.38. The quantitative estimate of drug-likeness (QED) is 0.400. The number of nitrogens with one attached hydrogen (secondary N) is 1. The number of rotatable bonds is 7. The normalized spacial score (nSPS) is 11.5. The first kappa shape index (κ1) is 16.7. The van der Waals surface area contributed by atoms with Gasteiger partial charge in [0, 0.05) is 31.7 Å². The van der Waals surface area contributed by atoms with Crippen LogP contribution in [0.3, 0.4) is 0 Å². The maximum absolute atomic E-state index is 8.79. The van der Waals surface area contributed by atoms with Crippen LogP contribution in [0, 0.1) is 0 Å². The molecule has 1 rings (SSSR count). The second kappa shape index (κ2) is 7.40. The Morgan fingerprint density at radius 1 is 1.25 bits per heavy atom. The van der Waals surface area contributed by atoms with E-state index in [0.717, 1.165) is 37.4 Å². The summed E-state index contributed by atoms with van der Waals surface area (Å²) in [5, 5.41) is 8.79. The minimum absolute atomic E-state index is 0.126. The molecule has 0 saturated heterocycles. The van der Waals surface area contributed by atoms with Crippen molar-refractivity contribution < 1.29 is 5.11 Å². The second-order valence-corrected chi connectivity index (χ2v) is 6.04. The number of nitrogens with two attached hydrogens (primary N) is 1. The molecule has 0 unspecified atom stereocenters. The molecule has 6 heteroatoms. The fourth-order valence-corrected chi connectivity index (χ4v) is 1.79. The summed E-state index contributed by atoms with van der Waals surface area (Å²) < 4.78 is 0. The van der Waals surface area contributed by atoms with E-state index in [9.17, 15) is 0 Å². The monoisotopic (exact) mass is 281 g/mol. The number of aromatic nitrogens is 2. The summed E-state index contributed by atoms with van der Waals surface area (Å²) in [5.41, 5.74) is 2.47. The number of unbranched alkanes of at least 4 members (excludes halogenated alkanes) is 2. The predicted molar refractivity (Wildman–Crippen MR) is 82.7 cm³/mol. The van der Waals surface area contributed by atoms with E-state index in [1.807, 2.05) is 13.1 Å². The van der Waals surface area contributed by atoms with Crippen LogP contribution in [0.25, 0.3) is 0 Å². The van der Waals surface area contributed by atoms with Crippen molar-refractivity contribution in [2.24, 2.45) is 5.84 Å². The van der Waals surface area contributed by atoms with E-state index >= 15 is 0 Å². The summed E-state index contributed by atoms with van der Waals surface area (Å²) in [5.74, 6) is 7.74. The Balaban J connectivity index is 2.82. The molecule has 4 N–H and O–H groups in total. The Hall–Kier alpha value is -1.40. The van der Waals surface area contributed by atoms with Crippen molar-refractivity contribution in [3.8, 4) is 0 Å². The third kappa shape index (κ3) is 4.94. The molecule has 0 fully saturated rings. The summed E-state index contributed by atoms with van der Waals surface area (Å²) in [4.78, 5) is 11.1. The third-order valence-electron chi connectivity index (χ3n) is 3.07. The van der Waals surface area contributed by atoms with Gasteiger partial charge in [0.1, 0.15) is 17.5 Å². The Morgan fingerprint density at radius 3 is 2.50 bits per heavy atom. The summed E-state index contributed by atoms with van der Waals surface area (Å²) >= 11 is 0. The van der Waals surface area contributed by atoms with E-state index in [4.69, 9.17) is 10.9 Å². The molecule has 1 heterocycles. The zero-order chi connectivity index (χ0) is 15.2. The molecule has 0 spiro atoms. The molecule has 20 heavy (non-hydrogen) atoms. The molecule has 0 bridgehead atoms. The van der Waals surface area contributed by atoms with Crippen molar-refractivity contribution in [3.05, 3.63) is 11.9 Å². The van der Waals surface area contributed by atoms with Crippen LogP contribution in [0.2, 0.25) is 0 Å². The van der Waals surface area contributed by atoms with Crippen molar-refractivity contribution in [1.82, 2.24) is 9.97 Å². The van der Waals surface area contributed by atoms with Crippen LogP contribution in [0.4, 0.5) is 11.6 Å². The Morgan fingerprint density at radius 2 is 1.95 bits per heavy atom. The molecule has 6 nitrogen and oxygen atoms in total. The van der Waals surface area contributed by atoms with Crippen molar-refractivity contribution in [2.45, 2.75) is 45.4 Å². The number of aliphatic hydroxyl groups is 1. The van der Waals surface area contributed by atoms with E-state index < -0.39 is 0 Å². The Bertz CT molecular complexity index is 417. The highest BCUT2D eigenvalue weighted by molar-refractivity contribution is 5.48. The minimum Gasteiger partial charge on any atom is -0.396 e. The largest absolute Gasteiger partial charge is 0.396 e. The molecule has 0 saturated carbocycles. The zero-order valence-corrected chi connectivity index (χ0v) is 13.0. The van der Waals surface area contributed by atoms with Crippen LogP contribution in [-0.2, 0) is 5.41 Å². The van der Waals surface area contributed by atoms with Crippen LogP contribution in [-0.4, -0.2) is 35.3 Å². The second-order valence-electron chi connectivity index (χ2n) is 6.04. The number of anilines is 2. The lowest BCUT2D eigenvalue weighted by Crippen LogP contribution is -2.24. The maximum Gasteiger partial charge on any atom is 0.145 e. The third-order valence-corrected chi connectivity index (χ3v) is 3.07. The zero-order valence-electron chi connectivity index (χ0n) is 13.0. The van der Waals surface area contributed by atoms with Gasteiger partial charge in [0.15, 0.2) is 0 Å². The minimum atomic E-state index is -0.126. The molecular weight excluding hydrogens is 254 g/mol. The Labute approximate surface area is 121 Å². The average Bonchev–Trinajstić information content (AvgIpc) is 2.41. The van der Waals surface area contributed by atoms with Crippen LogP contribution >= 0.6 is 0 Å². The van der Waals surface area contributed by atoms with Gasteiger partial charge in [-0.1, -0.05) is 20.8 Å². The molecule has 0 aliphatic carbocycles. The fraction of sp³-hybridized carbons (Fsp3) is 0.714. The molecule has 1 aromatic rings. The van der Waals surface area contributed by atoms with E-state index in [1.165, 1.54) is 0 Å². The number of hydrogen-bond acceptors (Lipinski definition) is 6. The van der Waals surface area contributed by atoms with Gasteiger partial charge in [-0.05, 0) is 19.3 Å². The highest BCUT2D eigenvalue weighted by atomic mass is 16.2. The number of hydrazine groups is 1. The maximum atomic E-state index is 8.79. The van der Waals surface area contributed by atoms with Crippen LogP contribution in [0.1, 0.15) is 45.9 Å². The van der Waals surface area contributed by atoms with Crippen molar-refractivity contribution in [1.29, 1.82) is 0 Å². The lowest BCUT2D eigenvalue weighted by molar-refractivity contribution is 0.283. The van der Waals surface area contributed by atoms with E-state index in [2.05, 4.69) is 41.1 Å². The molecule has 1 aromatic heterocycles. The molecular formula is C14H27N5O.